The highest BCUT2D eigenvalue weighted by atomic mass is 16.3. The van der Waals surface area contributed by atoms with Crippen LogP contribution in [0.2, 0.25) is 0 Å². The van der Waals surface area contributed by atoms with Crippen molar-refractivity contribution in [3.63, 3.8) is 0 Å². The van der Waals surface area contributed by atoms with Gasteiger partial charge in [-0.25, -0.2) is 0 Å². The molecule has 1 aliphatic heterocycles. The topological polar surface area (TPSA) is 31.6 Å². The van der Waals surface area contributed by atoms with Gasteiger partial charge < -0.3 is 14.6 Å². The Kier molecular flexibility index (Phi) is 4.27. The molecule has 1 aliphatic rings. The number of fused-ring (bicyclic) bond motifs is 3. The number of hydrogen-bond donors (Lipinski definition) is 1. The lowest BCUT2D eigenvalue weighted by atomic mass is 10.2. The SMILES string of the molecule is CN1CCN(C[C@H](O)Cn2c3ccccc3c3ccccc32)CC1. The second-order valence-electron chi connectivity index (χ2n) is 6.90. The van der Waals surface area contributed by atoms with Crippen molar-refractivity contribution < 1.29 is 5.11 Å². The van der Waals surface area contributed by atoms with E-state index in [1.807, 2.05) is 0 Å². The van der Waals surface area contributed by atoms with Gasteiger partial charge in [-0.1, -0.05) is 36.4 Å². The Morgan fingerprint density at radius 2 is 1.38 bits per heavy atom. The van der Waals surface area contributed by atoms with Gasteiger partial charge in [-0.15, -0.1) is 0 Å². The second-order valence-corrected chi connectivity index (χ2v) is 6.90. The third kappa shape index (κ3) is 2.93. The number of aliphatic hydroxyl groups excluding tert-OH is 1. The van der Waals surface area contributed by atoms with Crippen LogP contribution in [0.3, 0.4) is 0 Å². The fourth-order valence-corrected chi connectivity index (χ4v) is 3.80. The predicted octanol–water partition coefficient (Wildman–Crippen LogP) is 2.40. The fraction of sp³-hybridized carbons (Fsp3) is 0.400. The number of likely N-dealkylation sites (N-methyl/N-ethyl adjacent to an activating group) is 1. The fourth-order valence-electron chi connectivity index (χ4n) is 3.80. The molecule has 0 spiro atoms. The molecule has 2 aromatic carbocycles. The normalized spacial score (nSPS) is 18.4. The third-order valence-corrected chi connectivity index (χ3v) is 5.14. The summed E-state index contributed by atoms with van der Waals surface area (Å²) >= 11 is 0. The first kappa shape index (κ1) is 15.6. The molecule has 0 bridgehead atoms. The van der Waals surface area contributed by atoms with Crippen LogP contribution in [-0.4, -0.2) is 65.3 Å². The predicted molar refractivity (Wildman–Crippen MR) is 99.4 cm³/mol. The largest absolute Gasteiger partial charge is 0.390 e. The van der Waals surface area contributed by atoms with Crippen molar-refractivity contribution in [3.8, 4) is 0 Å². The third-order valence-electron chi connectivity index (χ3n) is 5.14. The zero-order valence-electron chi connectivity index (χ0n) is 14.2. The molecule has 3 aromatic rings. The van der Waals surface area contributed by atoms with E-state index in [-0.39, 0.29) is 6.10 Å². The van der Waals surface area contributed by atoms with Gasteiger partial charge in [0.15, 0.2) is 0 Å². The summed E-state index contributed by atoms with van der Waals surface area (Å²) in [6.45, 7) is 5.64. The molecule has 1 aromatic heterocycles. The number of rotatable bonds is 4. The maximum absolute atomic E-state index is 10.7. The quantitative estimate of drug-likeness (QED) is 0.800. The monoisotopic (exact) mass is 323 g/mol. The van der Waals surface area contributed by atoms with Gasteiger partial charge in [0.05, 0.1) is 12.6 Å². The summed E-state index contributed by atoms with van der Waals surface area (Å²) < 4.78 is 2.27. The average molecular weight is 323 g/mol. The number of para-hydroxylation sites is 2. The van der Waals surface area contributed by atoms with Crippen molar-refractivity contribution >= 4 is 21.8 Å². The number of β-amino-alcohol motifs (C(OH)–C–C–N with tert-alkyl or cyclic N) is 1. The van der Waals surface area contributed by atoms with E-state index in [0.717, 1.165) is 32.7 Å². The van der Waals surface area contributed by atoms with Crippen LogP contribution in [0.5, 0.6) is 0 Å². The molecule has 126 valence electrons. The number of aliphatic hydroxyl groups is 1. The van der Waals surface area contributed by atoms with Gasteiger partial charge >= 0.3 is 0 Å². The van der Waals surface area contributed by atoms with Crippen LogP contribution in [0.25, 0.3) is 21.8 Å². The van der Waals surface area contributed by atoms with Crippen LogP contribution in [0.15, 0.2) is 48.5 Å². The lowest BCUT2D eigenvalue weighted by molar-refractivity contribution is 0.0723. The molecular formula is C20H25N3O. The average Bonchev–Trinajstić information content (AvgIpc) is 2.92. The number of benzene rings is 2. The molecule has 4 heteroatoms. The van der Waals surface area contributed by atoms with E-state index in [2.05, 4.69) is 69.9 Å². The Balaban J connectivity index is 1.59. The Morgan fingerprint density at radius 1 is 0.833 bits per heavy atom. The zero-order chi connectivity index (χ0) is 16.5. The van der Waals surface area contributed by atoms with E-state index in [1.165, 1.54) is 21.8 Å². The summed E-state index contributed by atoms with van der Waals surface area (Å²) in [5.41, 5.74) is 2.41. The van der Waals surface area contributed by atoms with Gasteiger partial charge in [0.2, 0.25) is 0 Å². The van der Waals surface area contributed by atoms with Crippen LogP contribution in [-0.2, 0) is 6.54 Å². The minimum Gasteiger partial charge on any atom is -0.390 e. The molecular weight excluding hydrogens is 298 g/mol. The molecule has 0 amide bonds. The summed E-state index contributed by atoms with van der Waals surface area (Å²) in [5, 5.41) is 13.2. The highest BCUT2D eigenvalue weighted by molar-refractivity contribution is 6.07. The van der Waals surface area contributed by atoms with Crippen LogP contribution < -0.4 is 0 Å². The van der Waals surface area contributed by atoms with Crippen LogP contribution in [0, 0.1) is 0 Å². The molecule has 0 unspecified atom stereocenters. The Bertz CT molecular complexity index is 780. The Labute approximate surface area is 142 Å². The lowest BCUT2D eigenvalue weighted by Gasteiger charge is -2.33. The summed E-state index contributed by atoms with van der Waals surface area (Å²) in [4.78, 5) is 4.72. The van der Waals surface area contributed by atoms with Crippen molar-refractivity contribution in [3.05, 3.63) is 48.5 Å². The minimum atomic E-state index is -0.354. The number of nitrogens with zero attached hydrogens (tertiary/aromatic N) is 3. The van der Waals surface area contributed by atoms with Gasteiger partial charge in [-0.2, -0.15) is 0 Å². The molecule has 24 heavy (non-hydrogen) atoms. The number of hydrogen-bond acceptors (Lipinski definition) is 3. The Morgan fingerprint density at radius 3 is 1.96 bits per heavy atom. The van der Waals surface area contributed by atoms with Crippen molar-refractivity contribution in [1.29, 1.82) is 0 Å². The lowest BCUT2D eigenvalue weighted by Crippen LogP contribution is -2.47. The first-order chi connectivity index (χ1) is 11.7. The van der Waals surface area contributed by atoms with Crippen molar-refractivity contribution in [2.75, 3.05) is 39.8 Å². The van der Waals surface area contributed by atoms with Gasteiger partial charge in [0, 0.05) is 54.5 Å². The standard InChI is InChI=1S/C20H25N3O/c1-21-10-12-22(13-11-21)14-16(24)15-23-19-8-4-2-6-17(19)18-7-3-5-9-20(18)23/h2-9,16,24H,10-15H2,1H3/t16-/m0/s1. The summed E-state index contributed by atoms with van der Waals surface area (Å²) in [6, 6.07) is 17.0. The van der Waals surface area contributed by atoms with Gasteiger partial charge in [0.25, 0.3) is 0 Å². The van der Waals surface area contributed by atoms with Crippen LogP contribution in [0.1, 0.15) is 0 Å². The molecule has 1 atom stereocenters. The van der Waals surface area contributed by atoms with Crippen molar-refractivity contribution in [2.24, 2.45) is 0 Å². The van der Waals surface area contributed by atoms with E-state index >= 15 is 0 Å². The van der Waals surface area contributed by atoms with E-state index in [0.29, 0.717) is 6.54 Å². The first-order valence-electron chi connectivity index (χ1n) is 8.77. The van der Waals surface area contributed by atoms with Gasteiger partial charge in [0.1, 0.15) is 0 Å². The minimum absolute atomic E-state index is 0.354. The van der Waals surface area contributed by atoms with E-state index in [1.54, 1.807) is 0 Å². The maximum atomic E-state index is 10.7. The number of aromatic nitrogens is 1. The van der Waals surface area contributed by atoms with Gasteiger partial charge in [-0.3, -0.25) is 4.90 Å². The summed E-state index contributed by atoms with van der Waals surface area (Å²) in [5.74, 6) is 0. The zero-order valence-corrected chi connectivity index (χ0v) is 14.2. The molecule has 0 aliphatic carbocycles. The molecule has 4 rings (SSSR count). The molecule has 4 nitrogen and oxygen atoms in total. The highest BCUT2D eigenvalue weighted by Crippen LogP contribution is 2.28. The first-order valence-corrected chi connectivity index (χ1v) is 8.77. The number of piperazine rings is 1. The second kappa shape index (κ2) is 6.55. The summed E-state index contributed by atoms with van der Waals surface area (Å²) in [6.07, 6.45) is -0.354. The molecule has 2 heterocycles. The van der Waals surface area contributed by atoms with Crippen LogP contribution in [0.4, 0.5) is 0 Å². The van der Waals surface area contributed by atoms with Crippen molar-refractivity contribution in [2.45, 2.75) is 12.6 Å². The van der Waals surface area contributed by atoms with Gasteiger partial charge in [-0.05, 0) is 19.2 Å². The molecule has 1 saturated heterocycles. The summed E-state index contributed by atoms with van der Waals surface area (Å²) in [7, 11) is 2.16. The van der Waals surface area contributed by atoms with E-state index in [9.17, 15) is 5.11 Å². The van der Waals surface area contributed by atoms with E-state index in [4.69, 9.17) is 0 Å². The maximum Gasteiger partial charge on any atom is 0.0845 e. The molecule has 1 N–H and O–H groups in total. The molecule has 0 radical (unpaired) electrons. The Hall–Kier alpha value is -1.88. The smallest absolute Gasteiger partial charge is 0.0845 e. The molecule has 1 fully saturated rings. The van der Waals surface area contributed by atoms with E-state index < -0.39 is 0 Å². The van der Waals surface area contributed by atoms with Crippen molar-refractivity contribution in [1.82, 2.24) is 14.4 Å². The highest BCUT2D eigenvalue weighted by Gasteiger charge is 2.19. The molecule has 0 saturated carbocycles. The van der Waals surface area contributed by atoms with Crippen LogP contribution >= 0.6 is 0 Å².